The van der Waals surface area contributed by atoms with Gasteiger partial charge < -0.3 is 14.8 Å². The van der Waals surface area contributed by atoms with Crippen molar-refractivity contribution in [1.82, 2.24) is 24.6 Å². The number of rotatable bonds is 4. The number of carbonyl (C=O) groups excluding carboxylic acids is 2. The van der Waals surface area contributed by atoms with Crippen molar-refractivity contribution in [2.75, 3.05) is 7.05 Å². The van der Waals surface area contributed by atoms with Crippen molar-refractivity contribution in [2.24, 2.45) is 0 Å². The van der Waals surface area contributed by atoms with Crippen LogP contribution < -0.4 is 24.0 Å². The van der Waals surface area contributed by atoms with Gasteiger partial charge in [-0.3, -0.25) is 14.8 Å². The molecule has 4 heterocycles. The van der Waals surface area contributed by atoms with E-state index in [9.17, 15) is 14.7 Å². The number of hydrogen-bond donors (Lipinski definition) is 0. The molecule has 8 nitrogen and oxygen atoms in total. The van der Waals surface area contributed by atoms with Crippen molar-refractivity contribution < 1.29 is 33.6 Å². The Balaban J connectivity index is 0.00000274. The van der Waals surface area contributed by atoms with Gasteiger partial charge in [-0.15, -0.1) is 0 Å². The molecule has 1 amide bonds. The summed E-state index contributed by atoms with van der Waals surface area (Å²) in [5.41, 5.74) is 5.19. The van der Waals surface area contributed by atoms with Gasteiger partial charge in [-0.1, -0.05) is 26.0 Å². The molecule has 34 heavy (non-hydrogen) atoms. The van der Waals surface area contributed by atoms with Gasteiger partial charge in [-0.05, 0) is 35.6 Å². The minimum Gasteiger partial charge on any atom is -0.543 e. The molecule has 1 aliphatic rings. The van der Waals surface area contributed by atoms with Crippen LogP contribution in [-0.2, 0) is 17.8 Å². The second-order valence-corrected chi connectivity index (χ2v) is 8.59. The molecule has 0 aliphatic carbocycles. The topological polar surface area (TPSA) is 104 Å². The normalized spacial score (nSPS) is 13.2. The van der Waals surface area contributed by atoms with Gasteiger partial charge in [0.25, 0.3) is 0 Å². The average molecular weight is 447 g/mol. The van der Waals surface area contributed by atoms with Crippen LogP contribution in [0.2, 0.25) is 0 Å². The number of carboxylic acid groups (broad SMARTS) is 1. The molecule has 0 fully saturated rings. The number of pyridine rings is 2. The van der Waals surface area contributed by atoms with Crippen molar-refractivity contribution in [1.29, 1.82) is 0 Å². The molecular weight excluding hydrogens is 425 g/mol. The molecule has 4 aromatic rings. The second-order valence-electron chi connectivity index (χ2n) is 8.59. The Hall–Kier alpha value is -3.47. The third-order valence-electron chi connectivity index (χ3n) is 6.05. The molecule has 0 N–H and O–H groups in total. The van der Waals surface area contributed by atoms with Gasteiger partial charge >= 0.3 is 18.9 Å². The van der Waals surface area contributed by atoms with E-state index in [1.807, 2.05) is 36.0 Å². The summed E-state index contributed by atoms with van der Waals surface area (Å²) in [5.74, 6) is -1.01. The molecule has 0 saturated carbocycles. The number of benzene rings is 1. The van der Waals surface area contributed by atoms with Crippen LogP contribution in [-0.4, -0.2) is 43.6 Å². The van der Waals surface area contributed by atoms with Crippen LogP contribution in [0, 0.1) is 0 Å². The Morgan fingerprint density at radius 2 is 1.91 bits per heavy atom. The molecule has 1 aliphatic heterocycles. The van der Waals surface area contributed by atoms with Gasteiger partial charge in [0.2, 0.25) is 5.91 Å². The van der Waals surface area contributed by atoms with Gasteiger partial charge in [0.05, 0.1) is 47.4 Å². The summed E-state index contributed by atoms with van der Waals surface area (Å²) in [7, 11) is 1.81. The first-order valence-electron chi connectivity index (χ1n) is 10.7. The molecule has 1 aromatic carbocycles. The van der Waals surface area contributed by atoms with E-state index in [0.717, 1.165) is 33.4 Å². The van der Waals surface area contributed by atoms with E-state index in [1.165, 1.54) is 12.3 Å². The van der Waals surface area contributed by atoms with E-state index in [2.05, 4.69) is 23.8 Å². The smallest absolute Gasteiger partial charge is 0.543 e. The van der Waals surface area contributed by atoms with E-state index in [0.29, 0.717) is 24.2 Å². The Labute approximate surface area is 208 Å². The van der Waals surface area contributed by atoms with Gasteiger partial charge in [0, 0.05) is 36.0 Å². The summed E-state index contributed by atoms with van der Waals surface area (Å²) in [6, 6.07) is 11.0. The van der Waals surface area contributed by atoms with E-state index in [4.69, 9.17) is 5.10 Å². The molecule has 0 bridgehead atoms. The first kappa shape index (κ1) is 23.7. The third kappa shape index (κ3) is 4.00. The molecule has 166 valence electrons. The zero-order valence-corrected chi connectivity index (χ0v) is 19.6. The van der Waals surface area contributed by atoms with Crippen molar-refractivity contribution in [3.8, 4) is 16.9 Å². The number of aromatic carboxylic acids is 1. The van der Waals surface area contributed by atoms with Crippen molar-refractivity contribution in [2.45, 2.75) is 32.7 Å². The number of carboxylic acids is 1. The van der Waals surface area contributed by atoms with Crippen LogP contribution in [0.1, 0.15) is 47.2 Å². The van der Waals surface area contributed by atoms with Gasteiger partial charge in [0.1, 0.15) is 0 Å². The molecule has 9 heteroatoms. The Morgan fingerprint density at radius 1 is 1.12 bits per heavy atom. The number of nitrogens with zero attached hydrogens (tertiary/aromatic N) is 5. The molecule has 0 saturated heterocycles. The molecule has 5 rings (SSSR count). The maximum atomic E-state index is 12.4. The number of hydrogen-bond acceptors (Lipinski definition) is 6. The largest absolute Gasteiger partial charge is 1.00 e. The average Bonchev–Trinajstić information content (AvgIpc) is 3.17. The zero-order chi connectivity index (χ0) is 23.3. The monoisotopic (exact) mass is 447 g/mol. The minimum absolute atomic E-state index is 0. The number of likely N-dealkylation sites (N-methyl/N-ethyl adjacent to an activating group) is 1. The molecule has 3 aromatic heterocycles. The molecule has 0 spiro atoms. The van der Waals surface area contributed by atoms with Gasteiger partial charge in [-0.25, -0.2) is 4.68 Å². The predicted molar refractivity (Wildman–Crippen MR) is 121 cm³/mol. The standard InChI is InChI=1S/C25H23N5O3.Li/c1-14(2)24-17-10-23(31)29(3)13-22(17)30(28-24)21-6-4-5-15-9-20(27-12-18(15)21)16-7-8-19(25(32)33)26-11-16;/h4-9,11-12,14H,10,13H2,1-3H3,(H,32,33);/q;+1/p-1. The van der Waals surface area contributed by atoms with Gasteiger partial charge in [-0.2, -0.15) is 5.10 Å². The maximum Gasteiger partial charge on any atom is 1.00 e. The van der Waals surface area contributed by atoms with Crippen molar-refractivity contribution >= 4 is 22.6 Å². The SMILES string of the molecule is CC(C)c1nn(-c2cccc3cc(-c4ccc(C(=O)[O-])nc4)ncc23)c2c1CC(=O)N(C)C2.[Li+]. The summed E-state index contributed by atoms with van der Waals surface area (Å²) in [5, 5.41) is 17.8. The molecule has 0 atom stereocenters. The van der Waals surface area contributed by atoms with E-state index in [-0.39, 0.29) is 36.4 Å². The maximum absolute atomic E-state index is 12.4. The first-order valence-corrected chi connectivity index (χ1v) is 10.7. The van der Waals surface area contributed by atoms with Gasteiger partial charge in [0.15, 0.2) is 0 Å². The van der Waals surface area contributed by atoms with Crippen LogP contribution in [0.5, 0.6) is 0 Å². The summed E-state index contributed by atoms with van der Waals surface area (Å²) < 4.78 is 1.95. The Kier molecular flexibility index (Phi) is 6.30. The van der Waals surface area contributed by atoms with Crippen LogP contribution in [0.4, 0.5) is 0 Å². The Morgan fingerprint density at radius 3 is 2.59 bits per heavy atom. The fraction of sp³-hybridized carbons (Fsp3) is 0.240. The fourth-order valence-corrected chi connectivity index (χ4v) is 4.29. The summed E-state index contributed by atoms with van der Waals surface area (Å²) in [4.78, 5) is 33.6. The number of carbonyl (C=O) groups is 2. The van der Waals surface area contributed by atoms with Crippen molar-refractivity contribution in [3.63, 3.8) is 0 Å². The quantitative estimate of drug-likeness (QED) is 0.391. The summed E-state index contributed by atoms with van der Waals surface area (Å²) in [6.45, 7) is 4.69. The fourth-order valence-electron chi connectivity index (χ4n) is 4.29. The van der Waals surface area contributed by atoms with Crippen molar-refractivity contribution in [3.05, 3.63) is 71.4 Å². The molecular formula is C25H22LiN5O3. The first-order chi connectivity index (χ1) is 15.8. The number of amides is 1. The minimum atomic E-state index is -1.31. The van der Waals surface area contributed by atoms with Crippen LogP contribution >= 0.6 is 0 Å². The van der Waals surface area contributed by atoms with E-state index in [1.54, 1.807) is 17.2 Å². The van der Waals surface area contributed by atoms with Crippen LogP contribution in [0.3, 0.4) is 0 Å². The summed E-state index contributed by atoms with van der Waals surface area (Å²) in [6.07, 6.45) is 3.64. The third-order valence-corrected chi connectivity index (χ3v) is 6.05. The van der Waals surface area contributed by atoms with Crippen LogP contribution in [0.15, 0.2) is 48.8 Å². The number of aromatic nitrogens is 4. The Bertz CT molecular complexity index is 1410. The predicted octanol–water partition coefficient (Wildman–Crippen LogP) is -0.512. The molecule has 0 radical (unpaired) electrons. The molecule has 0 unspecified atom stereocenters. The van der Waals surface area contributed by atoms with E-state index >= 15 is 0 Å². The van der Waals surface area contributed by atoms with E-state index < -0.39 is 5.97 Å². The summed E-state index contributed by atoms with van der Waals surface area (Å²) >= 11 is 0. The van der Waals surface area contributed by atoms with Crippen LogP contribution in [0.25, 0.3) is 27.7 Å². The number of fused-ring (bicyclic) bond motifs is 2. The second kappa shape index (κ2) is 9.05. The zero-order valence-electron chi connectivity index (χ0n) is 19.6.